The molecule has 3 aromatic carbocycles. The maximum atomic E-state index is 13.7. The van der Waals surface area contributed by atoms with Crippen molar-refractivity contribution < 1.29 is 23.6 Å². The van der Waals surface area contributed by atoms with Gasteiger partial charge in [-0.05, 0) is 93.1 Å². The van der Waals surface area contributed by atoms with E-state index >= 15 is 0 Å². The molecule has 3 saturated heterocycles. The predicted octanol–water partition coefficient (Wildman–Crippen LogP) is 6.68. The Morgan fingerprint density at radius 1 is 0.841 bits per heavy atom. The van der Waals surface area contributed by atoms with Crippen LogP contribution in [0.5, 0.6) is 0 Å². The van der Waals surface area contributed by atoms with Crippen molar-refractivity contribution in [2.24, 2.45) is 5.92 Å². The number of hydrogen-bond acceptors (Lipinski definition) is 5. The molecule has 0 N–H and O–H groups in total. The summed E-state index contributed by atoms with van der Waals surface area (Å²) in [5, 5.41) is 0. The van der Waals surface area contributed by atoms with Crippen LogP contribution in [0, 0.1) is 5.92 Å². The summed E-state index contributed by atoms with van der Waals surface area (Å²) in [4.78, 5) is 29.2. The molecule has 7 heteroatoms. The first kappa shape index (κ1) is 29.3. The molecule has 228 valence electrons. The standard InChI is InChI=1S/C37H42BNO5/c1-36(2)37(3,4)44-38(43-36)26-12-9-11-24(19-26)20-34(40)25-21-27-13-10-14-28(22-25)39(27)35(41)42-23-33-31-17-7-5-15-29(31)30-16-6-8-18-32(30)33/h5-9,11-12,15-19,25,27-28,33H,10,13-14,20-23H2,1-4H3. The highest BCUT2D eigenvalue weighted by Gasteiger charge is 2.52. The van der Waals surface area contributed by atoms with E-state index in [1.54, 1.807) is 0 Å². The van der Waals surface area contributed by atoms with Crippen LogP contribution in [0.2, 0.25) is 0 Å². The van der Waals surface area contributed by atoms with Crippen LogP contribution in [0.3, 0.4) is 0 Å². The summed E-state index contributed by atoms with van der Waals surface area (Å²) in [5.41, 5.74) is 5.97. The molecule has 7 rings (SSSR count). The van der Waals surface area contributed by atoms with E-state index in [4.69, 9.17) is 14.0 Å². The SMILES string of the molecule is CC1(C)OB(c2cccc(CC(=O)C3CC4CCCC(C3)N4C(=O)OCC3c4ccccc4-c4ccccc43)c2)OC1(C)C. The van der Waals surface area contributed by atoms with E-state index in [2.05, 4.69) is 48.5 Å². The van der Waals surface area contributed by atoms with Crippen molar-refractivity contribution in [3.63, 3.8) is 0 Å². The summed E-state index contributed by atoms with van der Waals surface area (Å²) in [5.74, 6) is 0.238. The molecule has 3 fully saturated rings. The molecular formula is C37H42BNO5. The Balaban J connectivity index is 0.996. The summed E-state index contributed by atoms with van der Waals surface area (Å²) in [7, 11) is -0.449. The van der Waals surface area contributed by atoms with Gasteiger partial charge in [0.25, 0.3) is 0 Å². The molecule has 2 unspecified atom stereocenters. The van der Waals surface area contributed by atoms with Crippen LogP contribution in [0.1, 0.15) is 82.4 Å². The molecule has 2 bridgehead atoms. The van der Waals surface area contributed by atoms with Gasteiger partial charge in [0.15, 0.2) is 0 Å². The summed E-state index contributed by atoms with van der Waals surface area (Å²) < 4.78 is 18.6. The maximum Gasteiger partial charge on any atom is 0.494 e. The lowest BCUT2D eigenvalue weighted by molar-refractivity contribution is -0.126. The number of rotatable bonds is 6. The van der Waals surface area contributed by atoms with Crippen molar-refractivity contribution in [3.05, 3.63) is 89.5 Å². The van der Waals surface area contributed by atoms with E-state index in [-0.39, 0.29) is 35.8 Å². The summed E-state index contributed by atoms with van der Waals surface area (Å²) >= 11 is 0. The first-order valence-electron chi connectivity index (χ1n) is 16.2. The second kappa shape index (κ2) is 11.2. The fraction of sp³-hybridized carbons (Fsp3) is 0.459. The van der Waals surface area contributed by atoms with E-state index in [0.717, 1.165) is 30.3 Å². The minimum absolute atomic E-state index is 0.0400. The van der Waals surface area contributed by atoms with Gasteiger partial charge in [0, 0.05) is 30.3 Å². The van der Waals surface area contributed by atoms with Crippen LogP contribution in [-0.2, 0) is 25.3 Å². The average molecular weight is 592 g/mol. The van der Waals surface area contributed by atoms with E-state index in [1.807, 2.05) is 56.9 Å². The zero-order valence-electron chi connectivity index (χ0n) is 26.3. The number of fused-ring (bicyclic) bond motifs is 5. The molecule has 0 aromatic heterocycles. The third kappa shape index (κ3) is 5.18. The third-order valence-corrected chi connectivity index (χ3v) is 10.8. The molecular weight excluding hydrogens is 549 g/mol. The van der Waals surface area contributed by atoms with Gasteiger partial charge in [-0.15, -0.1) is 0 Å². The van der Waals surface area contributed by atoms with Gasteiger partial charge in [0.05, 0.1) is 11.2 Å². The average Bonchev–Trinajstić information content (AvgIpc) is 3.44. The number of hydrogen-bond donors (Lipinski definition) is 0. The lowest BCUT2D eigenvalue weighted by atomic mass is 9.75. The van der Waals surface area contributed by atoms with Crippen molar-refractivity contribution in [3.8, 4) is 11.1 Å². The Morgan fingerprint density at radius 3 is 2.05 bits per heavy atom. The fourth-order valence-corrected chi connectivity index (χ4v) is 7.79. The fourth-order valence-electron chi connectivity index (χ4n) is 7.79. The second-order valence-electron chi connectivity index (χ2n) is 14.1. The Bertz CT molecular complexity index is 1510. The zero-order valence-corrected chi connectivity index (χ0v) is 26.3. The van der Waals surface area contributed by atoms with Crippen LogP contribution < -0.4 is 5.46 Å². The number of piperidine rings is 2. The number of carbonyl (C=O) groups excluding carboxylic acids is 2. The molecule has 3 heterocycles. The highest BCUT2D eigenvalue weighted by atomic mass is 16.7. The number of carbonyl (C=O) groups is 2. The predicted molar refractivity (Wildman–Crippen MR) is 172 cm³/mol. The van der Waals surface area contributed by atoms with Crippen molar-refractivity contribution in [2.75, 3.05) is 6.61 Å². The summed E-state index contributed by atoms with van der Waals surface area (Å²) in [6, 6.07) is 25.0. The molecule has 1 aliphatic carbocycles. The maximum absolute atomic E-state index is 13.7. The zero-order chi connectivity index (χ0) is 30.6. The Morgan fingerprint density at radius 2 is 1.43 bits per heavy atom. The van der Waals surface area contributed by atoms with Gasteiger partial charge in [-0.25, -0.2) is 4.79 Å². The van der Waals surface area contributed by atoms with E-state index in [9.17, 15) is 9.59 Å². The van der Waals surface area contributed by atoms with Crippen molar-refractivity contribution in [1.82, 2.24) is 4.90 Å². The number of Topliss-reactive ketones (excluding diaryl/α,β-unsaturated/α-hetero) is 1. The molecule has 0 radical (unpaired) electrons. The highest BCUT2D eigenvalue weighted by Crippen LogP contribution is 2.45. The number of nitrogens with zero attached hydrogens (tertiary/aromatic N) is 1. The molecule has 44 heavy (non-hydrogen) atoms. The minimum atomic E-state index is -0.449. The van der Waals surface area contributed by atoms with Gasteiger partial charge >= 0.3 is 13.2 Å². The van der Waals surface area contributed by atoms with E-state index < -0.39 is 18.3 Å². The molecule has 0 saturated carbocycles. The van der Waals surface area contributed by atoms with Crippen LogP contribution in [-0.4, -0.2) is 53.8 Å². The van der Waals surface area contributed by atoms with Gasteiger partial charge in [0.2, 0.25) is 0 Å². The normalized spacial score (nSPS) is 25.0. The molecule has 1 amide bonds. The largest absolute Gasteiger partial charge is 0.494 e. The van der Waals surface area contributed by atoms with Gasteiger partial charge < -0.3 is 18.9 Å². The van der Waals surface area contributed by atoms with Gasteiger partial charge in [-0.2, -0.15) is 0 Å². The number of benzene rings is 3. The Kier molecular flexibility index (Phi) is 7.45. The van der Waals surface area contributed by atoms with E-state index in [0.29, 0.717) is 25.9 Å². The van der Waals surface area contributed by atoms with E-state index in [1.165, 1.54) is 22.3 Å². The van der Waals surface area contributed by atoms with Gasteiger partial charge in [-0.1, -0.05) is 72.8 Å². The molecule has 2 atom stereocenters. The summed E-state index contributed by atoms with van der Waals surface area (Å²) in [6.45, 7) is 8.51. The minimum Gasteiger partial charge on any atom is -0.448 e. The third-order valence-electron chi connectivity index (χ3n) is 10.8. The molecule has 3 aromatic rings. The molecule has 4 aliphatic rings. The summed E-state index contributed by atoms with van der Waals surface area (Å²) in [6.07, 6.45) is 4.47. The Labute approximate surface area is 261 Å². The van der Waals surface area contributed by atoms with Crippen LogP contribution >= 0.6 is 0 Å². The number of amides is 1. The smallest absolute Gasteiger partial charge is 0.448 e. The molecule has 6 nitrogen and oxygen atoms in total. The van der Waals surface area contributed by atoms with Crippen molar-refractivity contribution >= 4 is 24.5 Å². The Hall–Kier alpha value is -3.42. The number of ether oxygens (including phenoxy) is 1. The van der Waals surface area contributed by atoms with Crippen LogP contribution in [0.15, 0.2) is 72.8 Å². The molecule has 0 spiro atoms. The lowest BCUT2D eigenvalue weighted by Crippen LogP contribution is -2.56. The first-order valence-corrected chi connectivity index (χ1v) is 16.2. The van der Waals surface area contributed by atoms with Crippen LogP contribution in [0.4, 0.5) is 4.79 Å². The number of ketones is 1. The topological polar surface area (TPSA) is 65.1 Å². The second-order valence-corrected chi connectivity index (χ2v) is 14.1. The quantitative estimate of drug-likeness (QED) is 0.300. The van der Waals surface area contributed by atoms with Gasteiger partial charge in [0.1, 0.15) is 12.4 Å². The highest BCUT2D eigenvalue weighted by molar-refractivity contribution is 6.62. The van der Waals surface area contributed by atoms with Crippen molar-refractivity contribution in [2.45, 2.75) is 95.4 Å². The monoisotopic (exact) mass is 591 g/mol. The van der Waals surface area contributed by atoms with Gasteiger partial charge in [-0.3, -0.25) is 4.79 Å². The molecule has 3 aliphatic heterocycles. The van der Waals surface area contributed by atoms with Crippen molar-refractivity contribution in [1.29, 1.82) is 0 Å². The first-order chi connectivity index (χ1) is 21.1. The lowest BCUT2D eigenvalue weighted by Gasteiger charge is -2.47. The van der Waals surface area contributed by atoms with Crippen LogP contribution in [0.25, 0.3) is 11.1 Å².